The number of benzene rings is 1. The van der Waals surface area contributed by atoms with E-state index in [0.717, 1.165) is 10.0 Å². The Balaban J connectivity index is 2.54. The average Bonchev–Trinajstić information content (AvgIpc) is 2.62. The van der Waals surface area contributed by atoms with Gasteiger partial charge in [0.1, 0.15) is 0 Å². The molecular weight excluding hydrogens is 274 g/mol. The van der Waals surface area contributed by atoms with Crippen LogP contribution in [0.25, 0.3) is 0 Å². The van der Waals surface area contributed by atoms with Crippen LogP contribution in [0.5, 0.6) is 11.5 Å². The molecule has 0 radical (unpaired) electrons. The lowest BCUT2D eigenvalue weighted by molar-refractivity contribution is -0.122. The van der Waals surface area contributed by atoms with Gasteiger partial charge in [-0.25, -0.2) is 0 Å². The highest BCUT2D eigenvalue weighted by atomic mass is 79.9. The molecule has 2 rings (SSSR count). The molecule has 16 heavy (non-hydrogen) atoms. The Morgan fingerprint density at radius 3 is 2.50 bits per heavy atom. The van der Waals surface area contributed by atoms with Crippen LogP contribution in [0.1, 0.15) is 19.4 Å². The van der Waals surface area contributed by atoms with Crippen molar-refractivity contribution in [2.45, 2.75) is 19.3 Å². The van der Waals surface area contributed by atoms with Crippen molar-refractivity contribution in [1.82, 2.24) is 0 Å². The SMILES string of the molecule is CC(C)(C(N)=O)c1cc2c(cc1Br)OCO2. The van der Waals surface area contributed by atoms with E-state index < -0.39 is 5.41 Å². The summed E-state index contributed by atoms with van der Waals surface area (Å²) in [4.78, 5) is 11.4. The summed E-state index contributed by atoms with van der Waals surface area (Å²) in [5.74, 6) is 0.940. The van der Waals surface area contributed by atoms with Crippen molar-refractivity contribution < 1.29 is 14.3 Å². The molecule has 5 heteroatoms. The molecule has 1 aliphatic heterocycles. The fraction of sp³-hybridized carbons (Fsp3) is 0.364. The molecule has 1 aliphatic rings. The van der Waals surface area contributed by atoms with Crippen LogP contribution in [0.15, 0.2) is 16.6 Å². The van der Waals surface area contributed by atoms with E-state index >= 15 is 0 Å². The zero-order valence-electron chi connectivity index (χ0n) is 9.04. The molecule has 0 fully saturated rings. The van der Waals surface area contributed by atoms with E-state index in [-0.39, 0.29) is 12.7 Å². The lowest BCUT2D eigenvalue weighted by atomic mass is 9.84. The Bertz CT molecular complexity index is 457. The Morgan fingerprint density at radius 1 is 1.38 bits per heavy atom. The number of hydrogen-bond donors (Lipinski definition) is 1. The largest absolute Gasteiger partial charge is 0.454 e. The van der Waals surface area contributed by atoms with Crippen molar-refractivity contribution in [2.75, 3.05) is 6.79 Å². The van der Waals surface area contributed by atoms with Crippen molar-refractivity contribution in [3.8, 4) is 11.5 Å². The molecule has 0 saturated heterocycles. The van der Waals surface area contributed by atoms with Gasteiger partial charge in [0.25, 0.3) is 0 Å². The van der Waals surface area contributed by atoms with Gasteiger partial charge >= 0.3 is 0 Å². The highest BCUT2D eigenvalue weighted by molar-refractivity contribution is 9.10. The van der Waals surface area contributed by atoms with Crippen molar-refractivity contribution >= 4 is 21.8 Å². The third-order valence-electron chi connectivity index (χ3n) is 2.75. The van der Waals surface area contributed by atoms with Crippen LogP contribution in [0, 0.1) is 0 Å². The quantitative estimate of drug-likeness (QED) is 0.903. The minimum absolute atomic E-state index is 0.211. The number of primary amides is 1. The predicted molar refractivity (Wildman–Crippen MR) is 62.5 cm³/mol. The minimum Gasteiger partial charge on any atom is -0.454 e. The molecule has 0 bridgehead atoms. The predicted octanol–water partition coefficient (Wildman–Crippen LogP) is 1.94. The lowest BCUT2D eigenvalue weighted by Gasteiger charge is -2.22. The topological polar surface area (TPSA) is 61.6 Å². The number of carbonyl (C=O) groups excluding carboxylic acids is 1. The number of amides is 1. The summed E-state index contributed by atoms with van der Waals surface area (Å²) in [6.45, 7) is 3.76. The Hall–Kier alpha value is -1.23. The van der Waals surface area contributed by atoms with E-state index in [0.29, 0.717) is 11.5 Å². The van der Waals surface area contributed by atoms with Gasteiger partial charge in [-0.2, -0.15) is 0 Å². The Labute approximate surface area is 102 Å². The zero-order valence-corrected chi connectivity index (χ0v) is 10.6. The normalized spacial score (nSPS) is 13.9. The van der Waals surface area contributed by atoms with Crippen LogP contribution < -0.4 is 15.2 Å². The third kappa shape index (κ3) is 1.65. The molecule has 0 unspecified atom stereocenters. The van der Waals surface area contributed by atoms with Gasteiger partial charge in [0, 0.05) is 4.47 Å². The van der Waals surface area contributed by atoms with Gasteiger partial charge in [-0.1, -0.05) is 15.9 Å². The summed E-state index contributed by atoms with van der Waals surface area (Å²) in [7, 11) is 0. The van der Waals surface area contributed by atoms with Gasteiger partial charge in [-0.15, -0.1) is 0 Å². The molecular formula is C11H12BrNO3. The van der Waals surface area contributed by atoms with E-state index in [1.54, 1.807) is 26.0 Å². The first kappa shape index (κ1) is 11.3. The smallest absolute Gasteiger partial charge is 0.231 e. The van der Waals surface area contributed by atoms with Gasteiger partial charge in [0.2, 0.25) is 12.7 Å². The third-order valence-corrected chi connectivity index (χ3v) is 3.41. The van der Waals surface area contributed by atoms with E-state index in [1.807, 2.05) is 0 Å². The fourth-order valence-corrected chi connectivity index (χ4v) is 2.35. The standard InChI is InChI=1S/C11H12BrNO3/c1-11(2,10(13)14)6-3-8-9(4-7(6)12)16-5-15-8/h3-4H,5H2,1-2H3,(H2,13,14). The molecule has 0 atom stereocenters. The minimum atomic E-state index is -0.750. The first-order chi connectivity index (χ1) is 7.43. The first-order valence-corrected chi connectivity index (χ1v) is 5.62. The monoisotopic (exact) mass is 285 g/mol. The van der Waals surface area contributed by atoms with Gasteiger partial charge in [0.15, 0.2) is 11.5 Å². The molecule has 2 N–H and O–H groups in total. The summed E-state index contributed by atoms with van der Waals surface area (Å²) < 4.78 is 11.3. The number of nitrogens with two attached hydrogens (primary N) is 1. The molecule has 86 valence electrons. The second kappa shape index (κ2) is 3.66. The molecule has 0 spiro atoms. The molecule has 1 aromatic carbocycles. The average molecular weight is 286 g/mol. The van der Waals surface area contributed by atoms with Gasteiger partial charge in [0.05, 0.1) is 5.41 Å². The number of halogens is 1. The van der Waals surface area contributed by atoms with E-state index in [9.17, 15) is 4.79 Å². The van der Waals surface area contributed by atoms with Crippen LogP contribution in [0.2, 0.25) is 0 Å². The van der Waals surface area contributed by atoms with E-state index in [1.165, 1.54) is 0 Å². The van der Waals surface area contributed by atoms with Crippen LogP contribution in [0.4, 0.5) is 0 Å². The van der Waals surface area contributed by atoms with Crippen molar-refractivity contribution in [1.29, 1.82) is 0 Å². The van der Waals surface area contributed by atoms with Crippen molar-refractivity contribution in [3.05, 3.63) is 22.2 Å². The molecule has 1 amide bonds. The van der Waals surface area contributed by atoms with Gasteiger partial charge in [-0.05, 0) is 31.5 Å². The lowest BCUT2D eigenvalue weighted by Crippen LogP contribution is -2.35. The zero-order chi connectivity index (χ0) is 11.9. The first-order valence-electron chi connectivity index (χ1n) is 4.82. The second-order valence-electron chi connectivity index (χ2n) is 4.17. The van der Waals surface area contributed by atoms with E-state index in [2.05, 4.69) is 15.9 Å². The number of carbonyl (C=O) groups is 1. The molecule has 4 nitrogen and oxygen atoms in total. The number of hydrogen-bond acceptors (Lipinski definition) is 3. The fourth-order valence-electron chi connectivity index (χ4n) is 1.53. The van der Waals surface area contributed by atoms with Gasteiger partial charge in [-0.3, -0.25) is 4.79 Å². The highest BCUT2D eigenvalue weighted by Gasteiger charge is 2.31. The molecule has 1 heterocycles. The summed E-state index contributed by atoms with van der Waals surface area (Å²) >= 11 is 3.41. The highest BCUT2D eigenvalue weighted by Crippen LogP contribution is 2.41. The maximum absolute atomic E-state index is 11.4. The number of rotatable bonds is 2. The molecule has 0 aliphatic carbocycles. The number of fused-ring (bicyclic) bond motifs is 1. The summed E-state index contributed by atoms with van der Waals surface area (Å²) in [5.41, 5.74) is 5.43. The Morgan fingerprint density at radius 2 is 1.94 bits per heavy atom. The number of ether oxygens (including phenoxy) is 2. The molecule has 0 aromatic heterocycles. The maximum Gasteiger partial charge on any atom is 0.231 e. The summed E-state index contributed by atoms with van der Waals surface area (Å²) in [6, 6.07) is 3.58. The van der Waals surface area contributed by atoms with Gasteiger partial charge < -0.3 is 15.2 Å². The van der Waals surface area contributed by atoms with Crippen LogP contribution >= 0.6 is 15.9 Å². The van der Waals surface area contributed by atoms with Crippen LogP contribution in [0.3, 0.4) is 0 Å². The van der Waals surface area contributed by atoms with Crippen molar-refractivity contribution in [2.24, 2.45) is 5.73 Å². The van der Waals surface area contributed by atoms with Crippen molar-refractivity contribution in [3.63, 3.8) is 0 Å². The maximum atomic E-state index is 11.4. The second-order valence-corrected chi connectivity index (χ2v) is 5.03. The van der Waals surface area contributed by atoms with E-state index in [4.69, 9.17) is 15.2 Å². The molecule has 1 aromatic rings. The summed E-state index contributed by atoms with van der Waals surface area (Å²) in [6.07, 6.45) is 0. The van der Waals surface area contributed by atoms with Crippen LogP contribution in [-0.2, 0) is 10.2 Å². The Kier molecular flexibility index (Phi) is 2.58. The molecule has 0 saturated carbocycles. The van der Waals surface area contributed by atoms with Crippen LogP contribution in [-0.4, -0.2) is 12.7 Å². The summed E-state index contributed by atoms with van der Waals surface area (Å²) in [5, 5.41) is 0.